The summed E-state index contributed by atoms with van der Waals surface area (Å²) in [4.78, 5) is 28.9. The van der Waals surface area contributed by atoms with E-state index in [9.17, 15) is 9.59 Å². The zero-order valence-electron chi connectivity index (χ0n) is 14.8. The van der Waals surface area contributed by atoms with Crippen LogP contribution >= 0.6 is 11.3 Å². The van der Waals surface area contributed by atoms with Gasteiger partial charge in [0, 0.05) is 12.5 Å². The van der Waals surface area contributed by atoms with E-state index in [-0.39, 0.29) is 25.0 Å². The van der Waals surface area contributed by atoms with E-state index >= 15 is 0 Å². The van der Waals surface area contributed by atoms with Crippen molar-refractivity contribution in [3.63, 3.8) is 0 Å². The van der Waals surface area contributed by atoms with Crippen LogP contribution < -0.4 is 5.32 Å². The second kappa shape index (κ2) is 8.93. The maximum absolute atomic E-state index is 11.9. The molecule has 140 valence electrons. The molecule has 2 atom stereocenters. The average molecular weight is 377 g/mol. The molecule has 0 aliphatic heterocycles. The van der Waals surface area contributed by atoms with Crippen molar-refractivity contribution in [3.05, 3.63) is 23.4 Å². The Morgan fingerprint density at radius 3 is 3.00 bits per heavy atom. The molecule has 1 aliphatic rings. The zero-order valence-corrected chi connectivity index (χ0v) is 15.6. The van der Waals surface area contributed by atoms with Gasteiger partial charge in [-0.1, -0.05) is 31.0 Å². The number of thiophene rings is 1. The minimum absolute atomic E-state index is 0.0964. The minimum Gasteiger partial charge on any atom is -0.456 e. The number of nitrogens with one attached hydrogen (secondary N) is 1. The fraction of sp³-hybridized carbons (Fsp3) is 0.556. The van der Waals surface area contributed by atoms with Crippen LogP contribution in [0.5, 0.6) is 0 Å². The molecular weight excluding hydrogens is 354 g/mol. The van der Waals surface area contributed by atoms with Gasteiger partial charge >= 0.3 is 5.97 Å². The van der Waals surface area contributed by atoms with Crippen LogP contribution in [0.3, 0.4) is 0 Å². The summed E-state index contributed by atoms with van der Waals surface area (Å²) in [5, 5.41) is 8.78. The molecule has 1 N–H and O–H groups in total. The Bertz CT molecular complexity index is 729. The van der Waals surface area contributed by atoms with E-state index in [1.807, 2.05) is 17.5 Å². The fourth-order valence-electron chi connectivity index (χ4n) is 3.07. The number of rotatable bonds is 7. The molecule has 0 aromatic carbocycles. The van der Waals surface area contributed by atoms with Gasteiger partial charge in [-0.15, -0.1) is 11.3 Å². The Balaban J connectivity index is 1.37. The zero-order chi connectivity index (χ0) is 18.4. The second-order valence-electron chi connectivity index (χ2n) is 6.59. The van der Waals surface area contributed by atoms with Crippen LogP contribution in [-0.2, 0) is 20.7 Å². The largest absolute Gasteiger partial charge is 0.456 e. The molecule has 0 bridgehead atoms. The fourth-order valence-corrected chi connectivity index (χ4v) is 3.72. The lowest BCUT2D eigenvalue weighted by Gasteiger charge is -2.29. The van der Waals surface area contributed by atoms with Gasteiger partial charge in [-0.3, -0.25) is 9.59 Å². The Morgan fingerprint density at radius 2 is 2.23 bits per heavy atom. The third kappa shape index (κ3) is 5.14. The molecule has 1 amide bonds. The molecule has 0 spiro atoms. The summed E-state index contributed by atoms with van der Waals surface area (Å²) in [6, 6.07) is 4.00. The molecule has 1 aliphatic carbocycles. The summed E-state index contributed by atoms with van der Waals surface area (Å²) in [5.41, 5.74) is 0. The third-order valence-electron chi connectivity index (χ3n) is 4.57. The number of aryl methyl sites for hydroxylation is 1. The monoisotopic (exact) mass is 377 g/mol. The van der Waals surface area contributed by atoms with Crippen LogP contribution in [0.2, 0.25) is 0 Å². The van der Waals surface area contributed by atoms with Gasteiger partial charge in [0.2, 0.25) is 11.7 Å². The summed E-state index contributed by atoms with van der Waals surface area (Å²) in [7, 11) is 0. The highest BCUT2D eigenvalue weighted by atomic mass is 32.1. The van der Waals surface area contributed by atoms with Gasteiger partial charge in [0.1, 0.15) is 0 Å². The highest BCUT2D eigenvalue weighted by molar-refractivity contribution is 7.13. The summed E-state index contributed by atoms with van der Waals surface area (Å²) in [6.45, 7) is 1.90. The quantitative estimate of drug-likeness (QED) is 0.746. The van der Waals surface area contributed by atoms with E-state index in [0.717, 1.165) is 24.1 Å². The molecule has 2 heterocycles. The second-order valence-corrected chi connectivity index (χ2v) is 7.53. The van der Waals surface area contributed by atoms with Crippen LogP contribution in [-0.4, -0.2) is 34.7 Å². The topological polar surface area (TPSA) is 94.3 Å². The Labute approximate surface area is 156 Å². The van der Waals surface area contributed by atoms with Gasteiger partial charge < -0.3 is 14.6 Å². The minimum atomic E-state index is -0.451. The lowest BCUT2D eigenvalue weighted by atomic mass is 9.86. The third-order valence-corrected chi connectivity index (χ3v) is 5.44. The van der Waals surface area contributed by atoms with E-state index in [1.54, 1.807) is 0 Å². The van der Waals surface area contributed by atoms with Crippen molar-refractivity contribution in [2.45, 2.75) is 51.5 Å². The van der Waals surface area contributed by atoms with Gasteiger partial charge in [-0.25, -0.2) is 0 Å². The normalized spacial score (nSPS) is 19.9. The smallest absolute Gasteiger partial charge is 0.306 e. The first-order valence-electron chi connectivity index (χ1n) is 8.93. The highest BCUT2D eigenvalue weighted by Crippen LogP contribution is 2.23. The van der Waals surface area contributed by atoms with Gasteiger partial charge in [0.05, 0.1) is 11.3 Å². The van der Waals surface area contributed by atoms with Crippen molar-refractivity contribution in [1.29, 1.82) is 0 Å². The van der Waals surface area contributed by atoms with E-state index in [2.05, 4.69) is 22.4 Å². The van der Waals surface area contributed by atoms with Crippen molar-refractivity contribution in [2.75, 3.05) is 6.61 Å². The number of aromatic nitrogens is 2. The molecule has 7 nitrogen and oxygen atoms in total. The number of hydrogen-bond donors (Lipinski definition) is 1. The Kier molecular flexibility index (Phi) is 6.38. The van der Waals surface area contributed by atoms with Crippen LogP contribution in [0.1, 0.15) is 44.9 Å². The number of carbonyl (C=O) groups excluding carboxylic acids is 2. The molecular formula is C18H23N3O4S. The Hall–Kier alpha value is -2.22. The molecule has 2 aromatic heterocycles. The molecule has 2 aromatic rings. The van der Waals surface area contributed by atoms with Crippen molar-refractivity contribution >= 4 is 23.2 Å². The molecule has 3 rings (SSSR count). The number of hydrogen-bond acceptors (Lipinski definition) is 7. The molecule has 1 fully saturated rings. The standard InChI is InChI=1S/C18H23N3O4S/c1-12-5-2-3-6-13(12)19-15(22)11-24-17(23)9-8-16-20-18(21-25-16)14-7-4-10-26-14/h4,7,10,12-13H,2-3,5-6,8-9,11H2,1H3,(H,19,22)/t12-,13-/m0/s1. The van der Waals surface area contributed by atoms with Crippen molar-refractivity contribution in [3.8, 4) is 10.7 Å². The lowest BCUT2D eigenvalue weighted by Crippen LogP contribution is -2.42. The molecule has 1 saturated carbocycles. The van der Waals surface area contributed by atoms with Gasteiger partial charge in [0.25, 0.3) is 5.91 Å². The molecule has 26 heavy (non-hydrogen) atoms. The number of amides is 1. The molecule has 8 heteroatoms. The Morgan fingerprint density at radius 1 is 1.38 bits per heavy atom. The van der Waals surface area contributed by atoms with E-state index in [0.29, 0.717) is 24.1 Å². The summed E-state index contributed by atoms with van der Waals surface area (Å²) < 4.78 is 10.2. The maximum Gasteiger partial charge on any atom is 0.306 e. The summed E-state index contributed by atoms with van der Waals surface area (Å²) in [5.74, 6) is 0.677. The predicted molar refractivity (Wildman–Crippen MR) is 96.5 cm³/mol. The first-order chi connectivity index (χ1) is 12.6. The van der Waals surface area contributed by atoms with E-state index in [4.69, 9.17) is 9.26 Å². The van der Waals surface area contributed by atoms with Crippen molar-refractivity contribution < 1.29 is 18.8 Å². The van der Waals surface area contributed by atoms with Gasteiger partial charge in [-0.05, 0) is 30.2 Å². The number of esters is 1. The SMILES string of the molecule is C[C@H]1CCCC[C@@H]1NC(=O)COC(=O)CCc1nc(-c2cccs2)no1. The number of ether oxygens (including phenoxy) is 1. The first-order valence-corrected chi connectivity index (χ1v) is 9.81. The molecule has 0 radical (unpaired) electrons. The highest BCUT2D eigenvalue weighted by Gasteiger charge is 2.23. The summed E-state index contributed by atoms with van der Waals surface area (Å²) >= 11 is 1.52. The van der Waals surface area contributed by atoms with Crippen LogP contribution in [0.15, 0.2) is 22.0 Å². The van der Waals surface area contributed by atoms with Crippen molar-refractivity contribution in [1.82, 2.24) is 15.5 Å². The number of nitrogens with zero attached hydrogens (tertiary/aromatic N) is 2. The average Bonchev–Trinajstić information content (AvgIpc) is 3.31. The van der Waals surface area contributed by atoms with E-state index in [1.165, 1.54) is 17.8 Å². The van der Waals surface area contributed by atoms with Crippen LogP contribution in [0, 0.1) is 5.92 Å². The summed E-state index contributed by atoms with van der Waals surface area (Å²) in [6.07, 6.45) is 4.85. The lowest BCUT2D eigenvalue weighted by molar-refractivity contribution is -0.148. The van der Waals surface area contributed by atoms with Crippen LogP contribution in [0.25, 0.3) is 10.7 Å². The van der Waals surface area contributed by atoms with E-state index < -0.39 is 5.97 Å². The van der Waals surface area contributed by atoms with Crippen LogP contribution in [0.4, 0.5) is 0 Å². The molecule has 0 saturated heterocycles. The van der Waals surface area contributed by atoms with Gasteiger partial charge in [-0.2, -0.15) is 4.98 Å². The first kappa shape index (κ1) is 18.6. The molecule has 0 unspecified atom stereocenters. The number of carbonyl (C=O) groups is 2. The predicted octanol–water partition coefficient (Wildman–Crippen LogP) is 2.97. The maximum atomic E-state index is 11.9. The van der Waals surface area contributed by atoms with Gasteiger partial charge in [0.15, 0.2) is 6.61 Å². The van der Waals surface area contributed by atoms with Crippen molar-refractivity contribution in [2.24, 2.45) is 5.92 Å².